The highest BCUT2D eigenvalue weighted by Crippen LogP contribution is 2.25. The minimum atomic E-state index is -0.505. The Labute approximate surface area is 141 Å². The van der Waals surface area contributed by atoms with E-state index in [-0.39, 0.29) is 11.1 Å². The Hall–Kier alpha value is -1.70. The largest absolute Gasteiger partial charge is 0.372 e. The minimum absolute atomic E-state index is 0.0165. The second-order valence-corrected chi connectivity index (χ2v) is 6.53. The van der Waals surface area contributed by atoms with E-state index in [0.717, 1.165) is 0 Å². The number of carbonyl (C=O) groups excluding carboxylic acids is 1. The molecule has 0 aliphatic carbocycles. The number of anilines is 1. The molecule has 0 bridgehead atoms. The zero-order chi connectivity index (χ0) is 16.9. The van der Waals surface area contributed by atoms with Gasteiger partial charge in [0.2, 0.25) is 0 Å². The van der Waals surface area contributed by atoms with Crippen LogP contribution in [0.2, 0.25) is 10.0 Å². The molecule has 0 spiro atoms. The first-order chi connectivity index (χ1) is 10.2. The Balaban J connectivity index is 3.00. The zero-order valence-corrected chi connectivity index (χ0v) is 14.6. The fourth-order valence-corrected chi connectivity index (χ4v) is 2.29. The van der Waals surface area contributed by atoms with Crippen LogP contribution >= 0.6 is 23.2 Å². The van der Waals surface area contributed by atoms with Crippen LogP contribution in [0.15, 0.2) is 30.0 Å². The van der Waals surface area contributed by atoms with Gasteiger partial charge in [-0.25, -0.2) is 0 Å². The number of nitrogens with zero attached hydrogens (tertiary/aromatic N) is 2. The quantitative estimate of drug-likeness (QED) is 0.650. The van der Waals surface area contributed by atoms with Crippen molar-refractivity contribution in [2.24, 2.45) is 0 Å². The first kappa shape index (κ1) is 18.3. The average Bonchev–Trinajstić information content (AvgIpc) is 2.41. The molecule has 0 saturated carbocycles. The van der Waals surface area contributed by atoms with Crippen molar-refractivity contribution < 1.29 is 4.79 Å². The molecular weight excluding hydrogens is 321 g/mol. The molecule has 1 N–H and O–H groups in total. The molecule has 0 saturated heterocycles. The maximum absolute atomic E-state index is 12.2. The van der Waals surface area contributed by atoms with E-state index in [2.05, 4.69) is 5.32 Å². The van der Waals surface area contributed by atoms with E-state index >= 15 is 0 Å². The molecule has 6 heteroatoms. The summed E-state index contributed by atoms with van der Waals surface area (Å²) in [4.78, 5) is 14.2. The van der Waals surface area contributed by atoms with Crippen LogP contribution in [-0.4, -0.2) is 22.9 Å². The number of halogens is 2. The average molecular weight is 340 g/mol. The highest BCUT2D eigenvalue weighted by molar-refractivity contribution is 6.36. The summed E-state index contributed by atoms with van der Waals surface area (Å²) in [5, 5.41) is 12.7. The highest BCUT2D eigenvalue weighted by Gasteiger charge is 2.19. The number of amides is 1. The minimum Gasteiger partial charge on any atom is -0.372 e. The van der Waals surface area contributed by atoms with Gasteiger partial charge in [0.15, 0.2) is 0 Å². The van der Waals surface area contributed by atoms with Crippen molar-refractivity contribution in [3.63, 3.8) is 0 Å². The third-order valence-electron chi connectivity index (χ3n) is 3.03. The number of nitriles is 1. The molecule has 0 aliphatic heterocycles. The van der Waals surface area contributed by atoms with Crippen LogP contribution in [0.4, 0.5) is 5.69 Å². The molecule has 0 unspecified atom stereocenters. The molecule has 118 valence electrons. The smallest absolute Gasteiger partial charge is 0.267 e. The third kappa shape index (κ3) is 4.94. The third-order valence-corrected chi connectivity index (χ3v) is 3.58. The van der Waals surface area contributed by atoms with Crippen molar-refractivity contribution in [2.75, 3.05) is 11.9 Å². The Kier molecular flexibility index (Phi) is 6.28. The lowest BCUT2D eigenvalue weighted by molar-refractivity contribution is -0.112. The van der Waals surface area contributed by atoms with Gasteiger partial charge in [-0.2, -0.15) is 5.26 Å². The molecular formula is C16H19Cl2N3O. The lowest BCUT2D eigenvalue weighted by atomic mass is 10.1. The monoisotopic (exact) mass is 339 g/mol. The molecule has 0 aromatic heterocycles. The number of hydrogen-bond donors (Lipinski definition) is 1. The second-order valence-electron chi connectivity index (χ2n) is 5.69. The molecule has 0 atom stereocenters. The normalized spacial score (nSPS) is 11.8. The van der Waals surface area contributed by atoms with Crippen molar-refractivity contribution in [1.82, 2.24) is 4.90 Å². The molecule has 4 nitrogen and oxygen atoms in total. The van der Waals surface area contributed by atoms with E-state index in [1.807, 2.05) is 38.7 Å². The van der Waals surface area contributed by atoms with Gasteiger partial charge in [-0.1, -0.05) is 23.2 Å². The van der Waals surface area contributed by atoms with Gasteiger partial charge in [-0.05, 0) is 45.9 Å². The molecule has 1 aromatic rings. The number of benzene rings is 1. The SMILES string of the molecule is CCN(/C=C(/C#N)C(=O)Nc1ccc(Cl)cc1Cl)C(C)(C)C. The Bertz CT molecular complexity index is 627. The van der Waals surface area contributed by atoms with Crippen molar-refractivity contribution >= 4 is 34.8 Å². The van der Waals surface area contributed by atoms with Crippen LogP contribution < -0.4 is 5.32 Å². The van der Waals surface area contributed by atoms with Gasteiger partial charge in [-0.3, -0.25) is 4.79 Å². The Morgan fingerprint density at radius 3 is 2.50 bits per heavy atom. The van der Waals surface area contributed by atoms with Crippen molar-refractivity contribution in [1.29, 1.82) is 5.26 Å². The molecule has 1 rings (SSSR count). The molecule has 1 amide bonds. The lowest BCUT2D eigenvalue weighted by Gasteiger charge is -2.33. The Morgan fingerprint density at radius 2 is 2.05 bits per heavy atom. The van der Waals surface area contributed by atoms with Gasteiger partial charge < -0.3 is 10.2 Å². The molecule has 0 radical (unpaired) electrons. The summed E-state index contributed by atoms with van der Waals surface area (Å²) >= 11 is 11.8. The maximum Gasteiger partial charge on any atom is 0.267 e. The van der Waals surface area contributed by atoms with Crippen LogP contribution in [0, 0.1) is 11.3 Å². The Morgan fingerprint density at radius 1 is 1.41 bits per heavy atom. The van der Waals surface area contributed by atoms with Gasteiger partial charge in [0, 0.05) is 23.3 Å². The van der Waals surface area contributed by atoms with Crippen molar-refractivity contribution in [2.45, 2.75) is 33.2 Å². The summed E-state index contributed by atoms with van der Waals surface area (Å²) in [5.74, 6) is -0.505. The van der Waals surface area contributed by atoms with Gasteiger partial charge in [0.25, 0.3) is 5.91 Å². The number of hydrogen-bond acceptors (Lipinski definition) is 3. The summed E-state index contributed by atoms with van der Waals surface area (Å²) in [7, 11) is 0. The lowest BCUT2D eigenvalue weighted by Crippen LogP contribution is -2.37. The van der Waals surface area contributed by atoms with Crippen LogP contribution in [-0.2, 0) is 4.79 Å². The van der Waals surface area contributed by atoms with Gasteiger partial charge in [0.1, 0.15) is 11.6 Å². The van der Waals surface area contributed by atoms with E-state index in [1.54, 1.807) is 18.3 Å². The topological polar surface area (TPSA) is 56.1 Å². The fourth-order valence-electron chi connectivity index (χ4n) is 1.83. The predicted molar refractivity (Wildman–Crippen MR) is 90.9 cm³/mol. The number of carbonyl (C=O) groups is 1. The highest BCUT2D eigenvalue weighted by atomic mass is 35.5. The van der Waals surface area contributed by atoms with E-state index in [1.165, 1.54) is 6.07 Å². The van der Waals surface area contributed by atoms with Gasteiger partial charge >= 0.3 is 0 Å². The molecule has 0 aliphatic rings. The van der Waals surface area contributed by atoms with Crippen molar-refractivity contribution in [3.8, 4) is 6.07 Å². The van der Waals surface area contributed by atoms with Crippen LogP contribution in [0.1, 0.15) is 27.7 Å². The molecule has 0 heterocycles. The standard InChI is InChI=1S/C16H19Cl2N3O/c1-5-21(16(2,3)4)10-11(9-19)15(22)20-14-7-6-12(17)8-13(14)18/h6-8,10H,5H2,1-4H3,(H,20,22)/b11-10-. The summed E-state index contributed by atoms with van der Waals surface area (Å²) in [5.41, 5.74) is 0.244. The molecule has 1 aromatic carbocycles. The van der Waals surface area contributed by atoms with E-state index in [4.69, 9.17) is 23.2 Å². The predicted octanol–water partition coefficient (Wildman–Crippen LogP) is 4.46. The van der Waals surface area contributed by atoms with Crippen molar-refractivity contribution in [3.05, 3.63) is 40.0 Å². The first-order valence-corrected chi connectivity index (χ1v) is 7.59. The van der Waals surface area contributed by atoms with Gasteiger partial charge in [0.05, 0.1) is 10.7 Å². The van der Waals surface area contributed by atoms with E-state index < -0.39 is 5.91 Å². The summed E-state index contributed by atoms with van der Waals surface area (Å²) in [6.07, 6.45) is 1.57. The van der Waals surface area contributed by atoms with Crippen LogP contribution in [0.5, 0.6) is 0 Å². The summed E-state index contributed by atoms with van der Waals surface area (Å²) in [6, 6.07) is 6.67. The summed E-state index contributed by atoms with van der Waals surface area (Å²) < 4.78 is 0. The molecule has 22 heavy (non-hydrogen) atoms. The fraction of sp³-hybridized carbons (Fsp3) is 0.375. The number of nitrogens with one attached hydrogen (secondary N) is 1. The first-order valence-electron chi connectivity index (χ1n) is 6.84. The number of rotatable bonds is 4. The van der Waals surface area contributed by atoms with E-state index in [9.17, 15) is 10.1 Å². The van der Waals surface area contributed by atoms with E-state index in [0.29, 0.717) is 22.3 Å². The van der Waals surface area contributed by atoms with Crippen LogP contribution in [0.25, 0.3) is 0 Å². The summed E-state index contributed by atoms with van der Waals surface area (Å²) in [6.45, 7) is 8.68. The second kappa shape index (κ2) is 7.53. The maximum atomic E-state index is 12.2. The zero-order valence-electron chi connectivity index (χ0n) is 13.1. The van der Waals surface area contributed by atoms with Crippen LogP contribution in [0.3, 0.4) is 0 Å². The molecule has 0 fully saturated rings. The van der Waals surface area contributed by atoms with Gasteiger partial charge in [-0.15, -0.1) is 0 Å².